The van der Waals surface area contributed by atoms with Gasteiger partial charge in [0.15, 0.2) is 0 Å². The third kappa shape index (κ3) is 2.39. The van der Waals surface area contributed by atoms with Crippen LogP contribution in [0, 0.1) is 0 Å². The highest BCUT2D eigenvalue weighted by atomic mass is 16.3. The quantitative estimate of drug-likeness (QED) is 0.292. The monoisotopic (exact) mass is 410 g/mol. The fraction of sp³-hybridized carbons (Fsp3) is 0. The van der Waals surface area contributed by atoms with Gasteiger partial charge in [0.25, 0.3) is 0 Å². The van der Waals surface area contributed by atoms with E-state index in [1.807, 2.05) is 18.3 Å². The molecule has 0 aliphatic rings. The van der Waals surface area contributed by atoms with Crippen LogP contribution in [-0.4, -0.2) is 9.55 Å². The number of aromatic nitrogens is 2. The number of hydrogen-bond donors (Lipinski definition) is 0. The maximum Gasteiger partial charge on any atom is 0.145 e. The maximum atomic E-state index is 5.74. The number of furan rings is 1. The van der Waals surface area contributed by atoms with Crippen LogP contribution in [0.2, 0.25) is 0 Å². The molecule has 4 aromatic carbocycles. The summed E-state index contributed by atoms with van der Waals surface area (Å²) in [7, 11) is 0. The summed E-state index contributed by atoms with van der Waals surface area (Å²) in [6.07, 6.45) is 3.75. The van der Waals surface area contributed by atoms with Gasteiger partial charge in [0.05, 0.1) is 17.3 Å². The van der Waals surface area contributed by atoms with Gasteiger partial charge in [-0.15, -0.1) is 0 Å². The Kier molecular flexibility index (Phi) is 3.55. The molecular formula is C29H18N2O. The second-order valence-corrected chi connectivity index (χ2v) is 8.09. The fourth-order valence-electron chi connectivity index (χ4n) is 4.86. The zero-order valence-corrected chi connectivity index (χ0v) is 17.2. The van der Waals surface area contributed by atoms with Crippen LogP contribution in [0.3, 0.4) is 0 Å². The molecule has 3 heterocycles. The first-order chi connectivity index (χ1) is 15.9. The third-order valence-electron chi connectivity index (χ3n) is 6.32. The number of hydrogen-bond acceptors (Lipinski definition) is 2. The van der Waals surface area contributed by atoms with Crippen LogP contribution >= 0.6 is 0 Å². The first kappa shape index (κ1) is 17.3. The Bertz CT molecular complexity index is 1770. The first-order valence-corrected chi connectivity index (χ1v) is 10.7. The van der Waals surface area contributed by atoms with Gasteiger partial charge in [0.1, 0.15) is 11.4 Å². The maximum absolute atomic E-state index is 5.74. The Morgan fingerprint density at radius 2 is 1.38 bits per heavy atom. The van der Waals surface area contributed by atoms with Crippen LogP contribution in [0.15, 0.2) is 114 Å². The zero-order chi connectivity index (χ0) is 21.1. The molecule has 0 saturated carbocycles. The van der Waals surface area contributed by atoms with Gasteiger partial charge in [0.2, 0.25) is 0 Å². The summed E-state index contributed by atoms with van der Waals surface area (Å²) in [6, 6.07) is 33.9. The van der Waals surface area contributed by atoms with E-state index < -0.39 is 0 Å². The van der Waals surface area contributed by atoms with E-state index in [0.717, 1.165) is 38.8 Å². The molecule has 0 bridgehead atoms. The number of rotatable bonds is 2. The molecule has 0 fully saturated rings. The van der Waals surface area contributed by atoms with Crippen molar-refractivity contribution in [3.63, 3.8) is 0 Å². The highest BCUT2D eigenvalue weighted by molar-refractivity contribution is 6.14. The normalized spacial score (nSPS) is 11.8. The first-order valence-electron chi connectivity index (χ1n) is 10.7. The smallest absolute Gasteiger partial charge is 0.145 e. The molecule has 0 N–H and O–H groups in total. The van der Waals surface area contributed by atoms with E-state index >= 15 is 0 Å². The largest absolute Gasteiger partial charge is 0.464 e. The predicted molar refractivity (Wildman–Crippen MR) is 131 cm³/mol. The molecule has 7 rings (SSSR count). The average Bonchev–Trinajstić information content (AvgIpc) is 3.44. The predicted octanol–water partition coefficient (Wildman–Crippen LogP) is 7.75. The highest BCUT2D eigenvalue weighted by Gasteiger charge is 2.17. The Morgan fingerprint density at radius 1 is 0.625 bits per heavy atom. The molecule has 3 heteroatoms. The number of benzene rings is 4. The molecule has 7 aromatic rings. The van der Waals surface area contributed by atoms with Crippen molar-refractivity contribution in [3.05, 3.63) is 110 Å². The van der Waals surface area contributed by atoms with Crippen LogP contribution in [0.4, 0.5) is 0 Å². The minimum atomic E-state index is 0.881. The van der Waals surface area contributed by atoms with Gasteiger partial charge in [-0.05, 0) is 29.1 Å². The van der Waals surface area contributed by atoms with Crippen LogP contribution in [0.25, 0.3) is 60.5 Å². The molecule has 0 aliphatic heterocycles. The van der Waals surface area contributed by atoms with Crippen LogP contribution in [0.1, 0.15) is 0 Å². The van der Waals surface area contributed by atoms with Crippen molar-refractivity contribution in [2.75, 3.05) is 0 Å². The molecule has 32 heavy (non-hydrogen) atoms. The lowest BCUT2D eigenvalue weighted by molar-refractivity contribution is 0.616. The van der Waals surface area contributed by atoms with Gasteiger partial charge in [-0.2, -0.15) is 0 Å². The van der Waals surface area contributed by atoms with Crippen LogP contribution in [0.5, 0.6) is 0 Å². The van der Waals surface area contributed by atoms with Gasteiger partial charge in [0, 0.05) is 39.4 Å². The van der Waals surface area contributed by atoms with Crippen LogP contribution in [-0.2, 0) is 0 Å². The van der Waals surface area contributed by atoms with Crippen molar-refractivity contribution in [2.45, 2.75) is 0 Å². The Morgan fingerprint density at radius 3 is 2.25 bits per heavy atom. The number of fused-ring (bicyclic) bond motifs is 5. The molecule has 0 radical (unpaired) electrons. The van der Waals surface area contributed by atoms with E-state index in [2.05, 4.69) is 89.5 Å². The van der Waals surface area contributed by atoms with Crippen molar-refractivity contribution >= 4 is 43.5 Å². The molecule has 0 atom stereocenters. The lowest BCUT2D eigenvalue weighted by Gasteiger charge is -2.13. The summed E-state index contributed by atoms with van der Waals surface area (Å²) in [5, 5.41) is 5.83. The molecular weight excluding hydrogens is 392 g/mol. The lowest BCUT2D eigenvalue weighted by atomic mass is 10.0. The van der Waals surface area contributed by atoms with Gasteiger partial charge in [-0.3, -0.25) is 4.57 Å². The van der Waals surface area contributed by atoms with E-state index in [-0.39, 0.29) is 0 Å². The standard InChI is InChI=1S/C29H18N2O/c1-2-8-19(9-3-1)25-18-30-29(23-12-5-4-10-21(23)25)31-26-13-7-6-11-22(26)24-16-20-14-15-32-28(20)17-27(24)31/h1-18H. The SMILES string of the molecule is c1ccc(-c2cnc(-n3c4ccccc4c4cc5ccoc5cc43)c3ccccc23)cc1. The molecule has 3 nitrogen and oxygen atoms in total. The fourth-order valence-corrected chi connectivity index (χ4v) is 4.86. The number of nitrogens with zero attached hydrogens (tertiary/aromatic N) is 2. The third-order valence-corrected chi connectivity index (χ3v) is 6.32. The minimum Gasteiger partial charge on any atom is -0.464 e. The summed E-state index contributed by atoms with van der Waals surface area (Å²) in [5.74, 6) is 0.928. The Labute approximate surface area is 184 Å². The highest BCUT2D eigenvalue weighted by Crippen LogP contribution is 2.38. The van der Waals surface area contributed by atoms with Crippen molar-refractivity contribution in [2.24, 2.45) is 0 Å². The van der Waals surface area contributed by atoms with Crippen molar-refractivity contribution in [1.29, 1.82) is 0 Å². The molecule has 3 aromatic heterocycles. The summed E-state index contributed by atoms with van der Waals surface area (Å²) in [4.78, 5) is 5.03. The van der Waals surface area contributed by atoms with Crippen molar-refractivity contribution in [1.82, 2.24) is 9.55 Å². The average molecular weight is 410 g/mol. The zero-order valence-electron chi connectivity index (χ0n) is 17.2. The summed E-state index contributed by atoms with van der Waals surface area (Å²) in [5.41, 5.74) is 5.42. The molecule has 0 saturated heterocycles. The second kappa shape index (κ2) is 6.56. The van der Waals surface area contributed by atoms with E-state index in [1.54, 1.807) is 6.26 Å². The van der Waals surface area contributed by atoms with Gasteiger partial charge in [-0.1, -0.05) is 72.8 Å². The molecule has 0 amide bonds. The summed E-state index contributed by atoms with van der Waals surface area (Å²) >= 11 is 0. The van der Waals surface area contributed by atoms with Crippen LogP contribution < -0.4 is 0 Å². The van der Waals surface area contributed by atoms with E-state index in [9.17, 15) is 0 Å². The minimum absolute atomic E-state index is 0.881. The molecule has 0 unspecified atom stereocenters. The van der Waals surface area contributed by atoms with Gasteiger partial charge >= 0.3 is 0 Å². The van der Waals surface area contributed by atoms with E-state index in [4.69, 9.17) is 9.40 Å². The summed E-state index contributed by atoms with van der Waals surface area (Å²) < 4.78 is 8.01. The number of pyridine rings is 1. The molecule has 150 valence electrons. The van der Waals surface area contributed by atoms with Gasteiger partial charge < -0.3 is 4.42 Å². The van der Waals surface area contributed by atoms with Crippen molar-refractivity contribution in [3.8, 4) is 16.9 Å². The van der Waals surface area contributed by atoms with E-state index in [1.165, 1.54) is 21.7 Å². The van der Waals surface area contributed by atoms with Gasteiger partial charge in [-0.25, -0.2) is 4.98 Å². The Hall–Kier alpha value is -4.37. The molecule has 0 spiro atoms. The summed E-state index contributed by atoms with van der Waals surface area (Å²) in [6.45, 7) is 0. The molecule has 0 aliphatic carbocycles. The Balaban J connectivity index is 1.62. The number of para-hydroxylation sites is 1. The van der Waals surface area contributed by atoms with Crippen molar-refractivity contribution < 1.29 is 4.42 Å². The lowest BCUT2D eigenvalue weighted by Crippen LogP contribution is -1.99. The second-order valence-electron chi connectivity index (χ2n) is 8.09. The topological polar surface area (TPSA) is 31.0 Å². The van der Waals surface area contributed by atoms with E-state index in [0.29, 0.717) is 0 Å².